The molecule has 1 unspecified atom stereocenters. The molecule has 0 spiro atoms. The maximum atomic E-state index is 12.7. The molecule has 1 aromatic heterocycles. The number of ether oxygens (including phenoxy) is 3. The molecule has 0 saturated heterocycles. The number of fused-ring (bicyclic) bond motifs is 2. The molecule has 7 heteroatoms. The van der Waals surface area contributed by atoms with E-state index >= 15 is 0 Å². The lowest BCUT2D eigenvalue weighted by molar-refractivity contribution is -0.165. The van der Waals surface area contributed by atoms with Crippen LogP contribution in [0.1, 0.15) is 39.4 Å². The summed E-state index contributed by atoms with van der Waals surface area (Å²) in [5.41, 5.74) is 1.51. The van der Waals surface area contributed by atoms with Crippen molar-refractivity contribution in [3.63, 3.8) is 0 Å². The Labute approximate surface area is 142 Å². The smallest absolute Gasteiger partial charge is 0.351 e. The minimum absolute atomic E-state index is 0.180. The molecule has 1 aliphatic heterocycles. The van der Waals surface area contributed by atoms with Crippen molar-refractivity contribution in [3.05, 3.63) is 51.2 Å². The number of carbonyl (C=O) groups excluding carboxylic acids is 3. The number of thiophene rings is 1. The summed E-state index contributed by atoms with van der Waals surface area (Å²) in [6.07, 6.45) is -1.23. The third kappa shape index (κ3) is 2.90. The highest BCUT2D eigenvalue weighted by Gasteiger charge is 2.29. The summed E-state index contributed by atoms with van der Waals surface area (Å²) >= 11 is 1.34. The van der Waals surface area contributed by atoms with Crippen LogP contribution >= 0.6 is 11.3 Å². The first kappa shape index (κ1) is 16.2. The second-order valence-corrected chi connectivity index (χ2v) is 6.08. The molecule has 6 nitrogen and oxygen atoms in total. The van der Waals surface area contributed by atoms with Gasteiger partial charge in [-0.25, -0.2) is 4.79 Å². The van der Waals surface area contributed by atoms with Crippen LogP contribution in [0.4, 0.5) is 0 Å². The molecular formula is C17H14O6S. The van der Waals surface area contributed by atoms with Gasteiger partial charge >= 0.3 is 11.9 Å². The van der Waals surface area contributed by atoms with Crippen molar-refractivity contribution in [2.45, 2.75) is 19.6 Å². The highest BCUT2D eigenvalue weighted by Crippen LogP contribution is 2.33. The molecule has 2 heterocycles. The standard InChI is InChI=1S/C17H14O6S/c1-9(18)23-15(17(20)21-2)10-3-4-13-12(7-10)14(19)16-11(8-22-13)5-6-24-16/h3-7,15H,8H2,1-2H3. The quantitative estimate of drug-likeness (QED) is 0.795. The van der Waals surface area contributed by atoms with Crippen LogP contribution in [0.2, 0.25) is 0 Å². The van der Waals surface area contributed by atoms with Gasteiger partial charge in [0.2, 0.25) is 11.9 Å². The second-order valence-electron chi connectivity index (χ2n) is 5.16. The van der Waals surface area contributed by atoms with E-state index in [9.17, 15) is 14.4 Å². The van der Waals surface area contributed by atoms with Crippen LogP contribution in [-0.4, -0.2) is 24.8 Å². The van der Waals surface area contributed by atoms with Gasteiger partial charge in [0.25, 0.3) is 0 Å². The normalized spacial score (nSPS) is 13.8. The van der Waals surface area contributed by atoms with E-state index in [1.807, 2.05) is 11.4 Å². The van der Waals surface area contributed by atoms with Gasteiger partial charge in [-0.1, -0.05) is 6.07 Å². The van der Waals surface area contributed by atoms with Crippen molar-refractivity contribution >= 4 is 29.1 Å². The lowest BCUT2D eigenvalue weighted by Gasteiger charge is -2.16. The molecule has 0 radical (unpaired) electrons. The topological polar surface area (TPSA) is 78.9 Å². The van der Waals surface area contributed by atoms with Gasteiger partial charge in [0.1, 0.15) is 12.4 Å². The fraction of sp³-hybridized carbons (Fsp3) is 0.235. The summed E-state index contributed by atoms with van der Waals surface area (Å²) in [6.45, 7) is 1.51. The van der Waals surface area contributed by atoms with Crippen LogP contribution < -0.4 is 4.74 Å². The third-order valence-corrected chi connectivity index (χ3v) is 4.54. The van der Waals surface area contributed by atoms with Crippen molar-refractivity contribution in [1.82, 2.24) is 0 Å². The van der Waals surface area contributed by atoms with Crippen LogP contribution in [0, 0.1) is 0 Å². The van der Waals surface area contributed by atoms with Gasteiger partial charge in [0, 0.05) is 18.1 Å². The predicted octanol–water partition coefficient (Wildman–Crippen LogP) is 2.65. The van der Waals surface area contributed by atoms with E-state index in [0.29, 0.717) is 28.4 Å². The summed E-state index contributed by atoms with van der Waals surface area (Å²) in [4.78, 5) is 36.5. The van der Waals surface area contributed by atoms with Crippen LogP contribution in [0.15, 0.2) is 29.6 Å². The van der Waals surface area contributed by atoms with Crippen molar-refractivity contribution in [2.24, 2.45) is 0 Å². The zero-order chi connectivity index (χ0) is 17.3. The molecule has 0 saturated carbocycles. The van der Waals surface area contributed by atoms with Gasteiger partial charge < -0.3 is 14.2 Å². The Balaban J connectivity index is 2.04. The highest BCUT2D eigenvalue weighted by molar-refractivity contribution is 7.12. The van der Waals surface area contributed by atoms with E-state index in [2.05, 4.69) is 4.74 Å². The third-order valence-electron chi connectivity index (χ3n) is 3.59. The van der Waals surface area contributed by atoms with Crippen LogP contribution in [-0.2, 0) is 25.7 Å². The molecule has 3 rings (SSSR count). The summed E-state index contributed by atoms with van der Waals surface area (Å²) in [5.74, 6) is -1.09. The molecule has 0 aliphatic carbocycles. The second kappa shape index (κ2) is 6.45. The number of ketones is 1. The van der Waals surface area contributed by atoms with E-state index in [1.54, 1.807) is 12.1 Å². The molecule has 0 N–H and O–H groups in total. The minimum Gasteiger partial charge on any atom is -0.488 e. The monoisotopic (exact) mass is 346 g/mol. The molecule has 124 valence electrons. The Morgan fingerprint density at radius 2 is 2.08 bits per heavy atom. The van der Waals surface area contributed by atoms with Gasteiger partial charge in [0.05, 0.1) is 17.6 Å². The Bertz CT molecular complexity index is 822. The van der Waals surface area contributed by atoms with E-state index < -0.39 is 18.0 Å². The predicted molar refractivity (Wildman–Crippen MR) is 85.0 cm³/mol. The Kier molecular flexibility index (Phi) is 4.35. The van der Waals surface area contributed by atoms with Crippen LogP contribution in [0.3, 0.4) is 0 Å². The summed E-state index contributed by atoms with van der Waals surface area (Å²) in [5, 5.41) is 1.83. The fourth-order valence-electron chi connectivity index (χ4n) is 2.47. The first-order valence-corrected chi connectivity index (χ1v) is 8.02. The highest BCUT2D eigenvalue weighted by atomic mass is 32.1. The number of rotatable bonds is 3. The van der Waals surface area contributed by atoms with E-state index in [4.69, 9.17) is 9.47 Å². The number of methoxy groups -OCH3 is 1. The Morgan fingerprint density at radius 1 is 1.29 bits per heavy atom. The van der Waals surface area contributed by atoms with E-state index in [0.717, 1.165) is 5.56 Å². The first-order chi connectivity index (χ1) is 11.5. The number of esters is 2. The molecule has 24 heavy (non-hydrogen) atoms. The Morgan fingerprint density at radius 3 is 2.79 bits per heavy atom. The number of hydrogen-bond donors (Lipinski definition) is 0. The molecule has 1 atom stereocenters. The number of benzene rings is 1. The molecule has 0 fully saturated rings. The average Bonchev–Trinajstić information content (AvgIpc) is 3.00. The Hall–Kier alpha value is -2.67. The van der Waals surface area contributed by atoms with Crippen molar-refractivity contribution < 1.29 is 28.6 Å². The van der Waals surface area contributed by atoms with E-state index in [-0.39, 0.29) is 5.78 Å². The van der Waals surface area contributed by atoms with Crippen molar-refractivity contribution in [2.75, 3.05) is 7.11 Å². The van der Waals surface area contributed by atoms with Gasteiger partial charge in [-0.2, -0.15) is 0 Å². The zero-order valence-electron chi connectivity index (χ0n) is 13.0. The summed E-state index contributed by atoms with van der Waals surface area (Å²) < 4.78 is 15.4. The SMILES string of the molecule is COC(=O)C(OC(C)=O)c1ccc2c(c1)C(=O)c1sccc1CO2. The molecule has 2 aromatic rings. The molecule has 0 amide bonds. The molecular weight excluding hydrogens is 332 g/mol. The summed E-state index contributed by atoms with van der Waals surface area (Å²) in [6, 6.07) is 6.53. The van der Waals surface area contributed by atoms with Gasteiger partial charge in [-0.05, 0) is 23.6 Å². The average molecular weight is 346 g/mol. The summed E-state index contributed by atoms with van der Waals surface area (Å²) in [7, 11) is 1.20. The van der Waals surface area contributed by atoms with Gasteiger partial charge in [-0.3, -0.25) is 9.59 Å². The van der Waals surface area contributed by atoms with Crippen molar-refractivity contribution in [1.29, 1.82) is 0 Å². The fourth-order valence-corrected chi connectivity index (χ4v) is 3.33. The molecule has 1 aliphatic rings. The minimum atomic E-state index is -1.23. The van der Waals surface area contributed by atoms with Crippen LogP contribution in [0.25, 0.3) is 0 Å². The maximum Gasteiger partial charge on any atom is 0.351 e. The number of carbonyl (C=O) groups is 3. The first-order valence-electron chi connectivity index (χ1n) is 7.14. The lowest BCUT2D eigenvalue weighted by Crippen LogP contribution is -2.20. The maximum absolute atomic E-state index is 12.7. The molecule has 1 aromatic carbocycles. The van der Waals surface area contributed by atoms with E-state index in [1.165, 1.54) is 31.4 Å². The van der Waals surface area contributed by atoms with Crippen molar-refractivity contribution in [3.8, 4) is 5.75 Å². The van der Waals surface area contributed by atoms with Gasteiger partial charge in [0.15, 0.2) is 0 Å². The zero-order valence-corrected chi connectivity index (χ0v) is 13.8. The van der Waals surface area contributed by atoms with Crippen LogP contribution in [0.5, 0.6) is 5.75 Å². The largest absolute Gasteiger partial charge is 0.488 e. The molecule has 0 bridgehead atoms. The van der Waals surface area contributed by atoms with Gasteiger partial charge in [-0.15, -0.1) is 11.3 Å². The number of hydrogen-bond acceptors (Lipinski definition) is 7. The lowest BCUT2D eigenvalue weighted by atomic mass is 10.0.